The third-order valence-electron chi connectivity index (χ3n) is 5.81. The van der Waals surface area contributed by atoms with Gasteiger partial charge < -0.3 is 19.7 Å². The molecule has 0 radical (unpaired) electrons. The first-order valence-corrected chi connectivity index (χ1v) is 10.9. The molecule has 1 saturated heterocycles. The highest BCUT2D eigenvalue weighted by Gasteiger charge is 2.19. The standard InChI is InChI=1S/C24H32N2O4/c27-11-13-29-23-3-1-2-19(15-23)17-26-10-12-30-24-5-4-20(14-21(24)18-26)16-25-8-6-22(28)7-9-25/h1-5,14-15,22,27-28H,6-13,16-18H2. The summed E-state index contributed by atoms with van der Waals surface area (Å²) in [7, 11) is 0. The molecule has 2 aliphatic rings. The Labute approximate surface area is 178 Å². The molecule has 0 saturated carbocycles. The fraction of sp³-hybridized carbons (Fsp3) is 0.500. The predicted octanol–water partition coefficient (Wildman–Crippen LogP) is 2.41. The summed E-state index contributed by atoms with van der Waals surface area (Å²) in [6.07, 6.45) is 1.59. The summed E-state index contributed by atoms with van der Waals surface area (Å²) in [5.74, 6) is 1.78. The number of rotatable bonds is 7. The topological polar surface area (TPSA) is 65.4 Å². The maximum Gasteiger partial charge on any atom is 0.123 e. The van der Waals surface area contributed by atoms with E-state index in [1.54, 1.807) is 0 Å². The Morgan fingerprint density at radius 1 is 0.967 bits per heavy atom. The molecule has 4 rings (SSSR count). The molecule has 0 amide bonds. The van der Waals surface area contributed by atoms with Crippen LogP contribution in [0.3, 0.4) is 0 Å². The van der Waals surface area contributed by atoms with Crippen molar-refractivity contribution in [1.29, 1.82) is 0 Å². The van der Waals surface area contributed by atoms with Crippen molar-refractivity contribution in [3.05, 3.63) is 59.2 Å². The lowest BCUT2D eigenvalue weighted by atomic mass is 10.0. The van der Waals surface area contributed by atoms with Crippen molar-refractivity contribution in [1.82, 2.24) is 9.80 Å². The van der Waals surface area contributed by atoms with Gasteiger partial charge in [0.2, 0.25) is 0 Å². The quantitative estimate of drug-likeness (QED) is 0.728. The van der Waals surface area contributed by atoms with E-state index in [1.165, 1.54) is 16.7 Å². The van der Waals surface area contributed by atoms with Gasteiger partial charge >= 0.3 is 0 Å². The number of aliphatic hydroxyl groups excluding tert-OH is 2. The van der Waals surface area contributed by atoms with Crippen LogP contribution in [0.15, 0.2) is 42.5 Å². The fourth-order valence-electron chi connectivity index (χ4n) is 4.23. The van der Waals surface area contributed by atoms with Crippen LogP contribution in [-0.4, -0.2) is 65.6 Å². The molecule has 0 aliphatic carbocycles. The van der Waals surface area contributed by atoms with E-state index in [4.69, 9.17) is 14.6 Å². The highest BCUT2D eigenvalue weighted by atomic mass is 16.5. The average Bonchev–Trinajstić information content (AvgIpc) is 2.95. The Morgan fingerprint density at radius 2 is 1.77 bits per heavy atom. The Bertz CT molecular complexity index is 821. The van der Waals surface area contributed by atoms with E-state index >= 15 is 0 Å². The van der Waals surface area contributed by atoms with Crippen LogP contribution in [-0.2, 0) is 19.6 Å². The fourth-order valence-corrected chi connectivity index (χ4v) is 4.23. The maximum atomic E-state index is 9.72. The minimum Gasteiger partial charge on any atom is -0.492 e. The molecule has 0 atom stereocenters. The van der Waals surface area contributed by atoms with Crippen molar-refractivity contribution in [3.63, 3.8) is 0 Å². The summed E-state index contributed by atoms with van der Waals surface area (Å²) in [6.45, 7) is 6.39. The van der Waals surface area contributed by atoms with Crippen molar-refractivity contribution in [2.75, 3.05) is 39.5 Å². The van der Waals surface area contributed by atoms with Gasteiger partial charge in [-0.05, 0) is 48.2 Å². The second-order valence-corrected chi connectivity index (χ2v) is 8.23. The average molecular weight is 413 g/mol. The number of hydrogen-bond donors (Lipinski definition) is 2. The zero-order chi connectivity index (χ0) is 20.8. The molecule has 30 heavy (non-hydrogen) atoms. The minimum absolute atomic E-state index is 0.0187. The van der Waals surface area contributed by atoms with E-state index < -0.39 is 0 Å². The number of benzene rings is 2. The van der Waals surface area contributed by atoms with E-state index in [1.807, 2.05) is 18.2 Å². The monoisotopic (exact) mass is 412 g/mol. The van der Waals surface area contributed by atoms with Gasteiger partial charge in [0.25, 0.3) is 0 Å². The molecule has 0 unspecified atom stereocenters. The van der Waals surface area contributed by atoms with Gasteiger partial charge in [0, 0.05) is 44.8 Å². The number of piperidine rings is 1. The first-order chi connectivity index (χ1) is 14.7. The van der Waals surface area contributed by atoms with Gasteiger partial charge in [-0.3, -0.25) is 9.80 Å². The Kier molecular flexibility index (Phi) is 7.23. The number of nitrogens with zero attached hydrogens (tertiary/aromatic N) is 2. The second kappa shape index (κ2) is 10.3. The highest BCUT2D eigenvalue weighted by Crippen LogP contribution is 2.27. The Hall–Kier alpha value is -2.12. The molecule has 162 valence electrons. The van der Waals surface area contributed by atoms with Crippen molar-refractivity contribution in [2.24, 2.45) is 0 Å². The van der Waals surface area contributed by atoms with Crippen molar-refractivity contribution >= 4 is 0 Å². The van der Waals surface area contributed by atoms with Crippen LogP contribution < -0.4 is 9.47 Å². The van der Waals surface area contributed by atoms with E-state index in [9.17, 15) is 5.11 Å². The van der Waals surface area contributed by atoms with Crippen molar-refractivity contribution in [3.8, 4) is 11.5 Å². The number of fused-ring (bicyclic) bond motifs is 1. The van der Waals surface area contributed by atoms with Gasteiger partial charge in [0.05, 0.1) is 12.7 Å². The molecule has 0 bridgehead atoms. The van der Waals surface area contributed by atoms with Crippen molar-refractivity contribution in [2.45, 2.75) is 38.6 Å². The predicted molar refractivity (Wildman–Crippen MR) is 116 cm³/mol. The van der Waals surface area contributed by atoms with E-state index in [-0.39, 0.29) is 12.7 Å². The molecule has 2 aromatic rings. The molecule has 1 fully saturated rings. The van der Waals surface area contributed by atoms with E-state index in [2.05, 4.69) is 34.1 Å². The van der Waals surface area contributed by atoms with Gasteiger partial charge in [-0.15, -0.1) is 0 Å². The first-order valence-electron chi connectivity index (χ1n) is 10.9. The van der Waals surface area contributed by atoms with Crippen LogP contribution >= 0.6 is 0 Å². The lowest BCUT2D eigenvalue weighted by molar-refractivity contribution is 0.0792. The third-order valence-corrected chi connectivity index (χ3v) is 5.81. The summed E-state index contributed by atoms with van der Waals surface area (Å²) >= 11 is 0. The van der Waals surface area contributed by atoms with Crippen LogP contribution in [0.5, 0.6) is 11.5 Å². The smallest absolute Gasteiger partial charge is 0.123 e. The molecular weight excluding hydrogens is 380 g/mol. The number of likely N-dealkylation sites (tertiary alicyclic amines) is 1. The van der Waals surface area contributed by atoms with E-state index in [0.29, 0.717) is 13.2 Å². The molecule has 2 aliphatic heterocycles. The molecular formula is C24H32N2O4. The summed E-state index contributed by atoms with van der Waals surface area (Å²) < 4.78 is 11.6. The van der Waals surface area contributed by atoms with Crippen molar-refractivity contribution < 1.29 is 19.7 Å². The van der Waals surface area contributed by atoms with Gasteiger partial charge in [0.15, 0.2) is 0 Å². The van der Waals surface area contributed by atoms with E-state index in [0.717, 1.165) is 63.6 Å². The largest absolute Gasteiger partial charge is 0.492 e. The third kappa shape index (κ3) is 5.73. The highest BCUT2D eigenvalue weighted by molar-refractivity contribution is 5.38. The SMILES string of the molecule is OCCOc1cccc(CN2CCOc3ccc(CN4CCC(O)CC4)cc3C2)c1. The molecule has 2 heterocycles. The summed E-state index contributed by atoms with van der Waals surface area (Å²) in [5.41, 5.74) is 3.72. The Balaban J connectivity index is 1.41. The van der Waals surface area contributed by atoms with Crippen LogP contribution in [0.1, 0.15) is 29.5 Å². The number of aliphatic hydroxyl groups is 2. The van der Waals surface area contributed by atoms with Gasteiger partial charge in [-0.2, -0.15) is 0 Å². The van der Waals surface area contributed by atoms with Crippen LogP contribution in [0.4, 0.5) is 0 Å². The van der Waals surface area contributed by atoms with Gasteiger partial charge in [-0.25, -0.2) is 0 Å². The summed E-state index contributed by atoms with van der Waals surface area (Å²) in [4.78, 5) is 4.82. The maximum absolute atomic E-state index is 9.72. The zero-order valence-corrected chi connectivity index (χ0v) is 17.5. The molecule has 6 heteroatoms. The molecule has 0 aromatic heterocycles. The lowest BCUT2D eigenvalue weighted by Crippen LogP contribution is -2.35. The first kappa shape index (κ1) is 21.1. The lowest BCUT2D eigenvalue weighted by Gasteiger charge is -2.29. The zero-order valence-electron chi connectivity index (χ0n) is 17.5. The molecule has 6 nitrogen and oxygen atoms in total. The molecule has 2 aromatic carbocycles. The summed E-state index contributed by atoms with van der Waals surface area (Å²) in [6, 6.07) is 14.6. The van der Waals surface area contributed by atoms with Crippen LogP contribution in [0, 0.1) is 0 Å². The molecule has 2 N–H and O–H groups in total. The normalized spacial score (nSPS) is 18.5. The van der Waals surface area contributed by atoms with Gasteiger partial charge in [0.1, 0.15) is 24.7 Å². The summed E-state index contributed by atoms with van der Waals surface area (Å²) in [5, 5.41) is 18.7. The number of hydrogen-bond acceptors (Lipinski definition) is 6. The van der Waals surface area contributed by atoms with Crippen LogP contribution in [0.25, 0.3) is 0 Å². The second-order valence-electron chi connectivity index (χ2n) is 8.23. The Morgan fingerprint density at radius 3 is 2.60 bits per heavy atom. The van der Waals surface area contributed by atoms with Gasteiger partial charge in [-0.1, -0.05) is 18.2 Å². The van der Waals surface area contributed by atoms with Crippen LogP contribution in [0.2, 0.25) is 0 Å². The minimum atomic E-state index is -0.136. The molecule has 0 spiro atoms. The number of ether oxygens (including phenoxy) is 2.